The van der Waals surface area contributed by atoms with Crippen molar-refractivity contribution in [2.45, 2.75) is 6.61 Å². The summed E-state index contributed by atoms with van der Waals surface area (Å²) in [5, 5.41) is 2.52. The van der Waals surface area contributed by atoms with Crippen molar-refractivity contribution in [3.05, 3.63) is 59.7 Å². The van der Waals surface area contributed by atoms with Crippen molar-refractivity contribution in [1.82, 2.24) is 0 Å². The third-order valence-corrected chi connectivity index (χ3v) is 2.63. The molecule has 0 bridgehead atoms. The molecule has 0 aliphatic rings. The number of anilines is 1. The van der Waals surface area contributed by atoms with Gasteiger partial charge in [0.2, 0.25) is 0 Å². The number of rotatable bonds is 5. The predicted octanol–water partition coefficient (Wildman–Crippen LogP) is 3.35. The molecule has 0 aromatic heterocycles. The van der Waals surface area contributed by atoms with Crippen molar-refractivity contribution in [2.24, 2.45) is 0 Å². The highest BCUT2D eigenvalue weighted by atomic mass is 19.3. The van der Waals surface area contributed by atoms with Crippen LogP contribution in [0.5, 0.6) is 5.75 Å². The quantitative estimate of drug-likeness (QED) is 0.859. The molecule has 2 aromatic carbocycles. The lowest BCUT2D eigenvalue weighted by Crippen LogP contribution is -2.15. The van der Waals surface area contributed by atoms with E-state index in [1.807, 2.05) is 0 Å². The third kappa shape index (κ3) is 3.85. The van der Waals surface area contributed by atoms with Crippen molar-refractivity contribution >= 4 is 17.9 Å². The van der Waals surface area contributed by atoms with Crippen LogP contribution in [0.2, 0.25) is 0 Å². The number of nitrogens with one attached hydrogen (secondary N) is 1. The van der Waals surface area contributed by atoms with Gasteiger partial charge in [-0.1, -0.05) is 24.3 Å². The molecular weight excluding hydrogens is 280 g/mol. The lowest BCUT2D eigenvalue weighted by Gasteiger charge is -2.11. The molecule has 21 heavy (non-hydrogen) atoms. The van der Waals surface area contributed by atoms with Gasteiger partial charge in [-0.05, 0) is 24.3 Å². The van der Waals surface area contributed by atoms with E-state index in [1.54, 1.807) is 18.2 Å². The van der Waals surface area contributed by atoms with E-state index in [0.29, 0.717) is 17.5 Å². The van der Waals surface area contributed by atoms with Gasteiger partial charge in [0, 0.05) is 11.3 Å². The Morgan fingerprint density at radius 2 is 1.90 bits per heavy atom. The van der Waals surface area contributed by atoms with E-state index in [1.165, 1.54) is 30.3 Å². The van der Waals surface area contributed by atoms with Crippen LogP contribution in [0.1, 0.15) is 20.7 Å². The molecular formula is C15H11F2NO3. The van der Waals surface area contributed by atoms with E-state index in [2.05, 4.69) is 10.1 Å². The molecule has 108 valence electrons. The fourth-order valence-corrected chi connectivity index (χ4v) is 1.74. The minimum atomic E-state index is -3.02. The largest absolute Gasteiger partial charge is 0.434 e. The van der Waals surface area contributed by atoms with Crippen LogP contribution in [0.3, 0.4) is 0 Å². The molecule has 6 heteroatoms. The lowest BCUT2D eigenvalue weighted by molar-refractivity contribution is -0.0501. The summed E-state index contributed by atoms with van der Waals surface area (Å²) in [6.07, 6.45) is 0.642. The summed E-state index contributed by atoms with van der Waals surface area (Å²) >= 11 is 0. The first kappa shape index (κ1) is 14.6. The van der Waals surface area contributed by atoms with Gasteiger partial charge in [-0.2, -0.15) is 8.78 Å². The summed E-state index contributed by atoms with van der Waals surface area (Å²) in [5.74, 6) is -0.814. The van der Waals surface area contributed by atoms with Crippen molar-refractivity contribution in [3.63, 3.8) is 0 Å². The zero-order valence-corrected chi connectivity index (χ0v) is 10.8. The van der Waals surface area contributed by atoms with Gasteiger partial charge in [-0.25, -0.2) is 0 Å². The molecule has 0 saturated carbocycles. The van der Waals surface area contributed by atoms with Gasteiger partial charge in [0.1, 0.15) is 12.0 Å². The Labute approximate surface area is 119 Å². The molecule has 1 amide bonds. The van der Waals surface area contributed by atoms with Crippen molar-refractivity contribution in [1.29, 1.82) is 0 Å². The fourth-order valence-electron chi connectivity index (χ4n) is 1.74. The number of benzene rings is 2. The number of hydrogen-bond acceptors (Lipinski definition) is 3. The Balaban J connectivity index is 2.22. The van der Waals surface area contributed by atoms with Crippen LogP contribution < -0.4 is 10.1 Å². The van der Waals surface area contributed by atoms with E-state index < -0.39 is 12.5 Å². The van der Waals surface area contributed by atoms with E-state index in [9.17, 15) is 18.4 Å². The second-order valence-electron chi connectivity index (χ2n) is 4.07. The summed E-state index contributed by atoms with van der Waals surface area (Å²) in [7, 11) is 0. The highest BCUT2D eigenvalue weighted by molar-refractivity contribution is 6.06. The first-order valence-electron chi connectivity index (χ1n) is 6.00. The van der Waals surface area contributed by atoms with Crippen molar-refractivity contribution in [2.75, 3.05) is 5.32 Å². The highest BCUT2D eigenvalue weighted by Gasteiger charge is 2.15. The monoisotopic (exact) mass is 291 g/mol. The van der Waals surface area contributed by atoms with E-state index in [0.717, 1.165) is 0 Å². The number of para-hydroxylation sites is 1. The molecule has 0 spiro atoms. The van der Waals surface area contributed by atoms with Gasteiger partial charge < -0.3 is 10.1 Å². The summed E-state index contributed by atoms with van der Waals surface area (Å²) in [6.45, 7) is -3.02. The molecule has 0 heterocycles. The lowest BCUT2D eigenvalue weighted by atomic mass is 10.1. The number of amides is 1. The number of halogens is 2. The van der Waals surface area contributed by atoms with Crippen LogP contribution >= 0.6 is 0 Å². The van der Waals surface area contributed by atoms with E-state index >= 15 is 0 Å². The van der Waals surface area contributed by atoms with Gasteiger partial charge in [0.25, 0.3) is 5.91 Å². The Bertz CT molecular complexity index is 659. The number of aldehydes is 1. The number of carbonyl (C=O) groups excluding carboxylic acids is 2. The molecule has 0 unspecified atom stereocenters. The molecule has 2 rings (SSSR count). The Kier molecular flexibility index (Phi) is 4.61. The van der Waals surface area contributed by atoms with E-state index in [-0.39, 0.29) is 11.3 Å². The average molecular weight is 291 g/mol. The molecule has 4 nitrogen and oxygen atoms in total. The standard InChI is InChI=1S/C15H11F2NO3/c16-15(17)21-13-7-2-1-6-12(13)14(20)18-11-5-3-4-10(8-11)9-19/h1-9,15H,(H,18,20). The van der Waals surface area contributed by atoms with Crippen LogP contribution in [0.4, 0.5) is 14.5 Å². The SMILES string of the molecule is O=Cc1cccc(NC(=O)c2ccccc2OC(F)F)c1. The van der Waals surface area contributed by atoms with Crippen LogP contribution in [-0.4, -0.2) is 18.8 Å². The average Bonchev–Trinajstić information content (AvgIpc) is 2.47. The molecule has 0 radical (unpaired) electrons. The second kappa shape index (κ2) is 6.60. The number of alkyl halides is 2. The van der Waals surface area contributed by atoms with Gasteiger partial charge >= 0.3 is 6.61 Å². The Morgan fingerprint density at radius 1 is 1.14 bits per heavy atom. The molecule has 1 N–H and O–H groups in total. The summed E-state index contributed by atoms with van der Waals surface area (Å²) in [5.41, 5.74) is 0.760. The molecule has 0 atom stereocenters. The molecule has 2 aromatic rings. The third-order valence-electron chi connectivity index (χ3n) is 2.63. The maximum atomic E-state index is 12.3. The minimum Gasteiger partial charge on any atom is -0.434 e. The molecule has 0 fully saturated rings. The minimum absolute atomic E-state index is 0.0192. The van der Waals surface area contributed by atoms with Gasteiger partial charge in [0.05, 0.1) is 5.56 Å². The molecule has 0 aliphatic carbocycles. The van der Waals surface area contributed by atoms with Crippen LogP contribution in [0, 0.1) is 0 Å². The number of carbonyl (C=O) groups is 2. The second-order valence-corrected chi connectivity index (χ2v) is 4.07. The zero-order chi connectivity index (χ0) is 15.2. The summed E-state index contributed by atoms with van der Waals surface area (Å²) < 4.78 is 28.9. The van der Waals surface area contributed by atoms with Crippen LogP contribution in [0.15, 0.2) is 48.5 Å². The van der Waals surface area contributed by atoms with Gasteiger partial charge in [-0.15, -0.1) is 0 Å². The smallest absolute Gasteiger partial charge is 0.387 e. The molecule has 0 saturated heterocycles. The fraction of sp³-hybridized carbons (Fsp3) is 0.0667. The topological polar surface area (TPSA) is 55.4 Å². The van der Waals surface area contributed by atoms with Crippen molar-refractivity contribution in [3.8, 4) is 5.75 Å². The van der Waals surface area contributed by atoms with Gasteiger partial charge in [0.15, 0.2) is 0 Å². The van der Waals surface area contributed by atoms with E-state index in [4.69, 9.17) is 0 Å². The maximum absolute atomic E-state index is 12.3. The number of ether oxygens (including phenoxy) is 1. The van der Waals surface area contributed by atoms with Crippen molar-refractivity contribution < 1.29 is 23.1 Å². The zero-order valence-electron chi connectivity index (χ0n) is 10.8. The molecule has 0 aliphatic heterocycles. The summed E-state index contributed by atoms with van der Waals surface area (Å²) in [4.78, 5) is 22.8. The van der Waals surface area contributed by atoms with Crippen LogP contribution in [-0.2, 0) is 0 Å². The highest BCUT2D eigenvalue weighted by Crippen LogP contribution is 2.21. The predicted molar refractivity (Wildman–Crippen MR) is 72.9 cm³/mol. The normalized spacial score (nSPS) is 10.2. The first-order chi connectivity index (χ1) is 10.1. The maximum Gasteiger partial charge on any atom is 0.387 e. The van der Waals surface area contributed by atoms with Crippen LogP contribution in [0.25, 0.3) is 0 Å². The van der Waals surface area contributed by atoms with Gasteiger partial charge in [-0.3, -0.25) is 9.59 Å². The Morgan fingerprint density at radius 3 is 2.62 bits per heavy atom. The first-order valence-corrected chi connectivity index (χ1v) is 6.00. The number of hydrogen-bond donors (Lipinski definition) is 1. The Hall–Kier alpha value is -2.76. The summed E-state index contributed by atoms with van der Waals surface area (Å²) in [6, 6.07) is 11.9.